The number of rotatable bonds is 6. The Morgan fingerprint density at radius 2 is 1.53 bits per heavy atom. The first-order valence-corrected chi connectivity index (χ1v) is 8.67. The van der Waals surface area contributed by atoms with Crippen LogP contribution in [0.4, 0.5) is 0 Å². The van der Waals surface area contributed by atoms with Crippen LogP contribution in [0.1, 0.15) is 58.8 Å². The Morgan fingerprint density at radius 3 is 2.21 bits per heavy atom. The number of nitrogens with zero attached hydrogens (tertiary/aromatic N) is 1. The molecule has 1 N–H and O–H groups in total. The average Bonchev–Trinajstić information content (AvgIpc) is 2.43. The van der Waals surface area contributed by atoms with E-state index in [9.17, 15) is 0 Å². The summed E-state index contributed by atoms with van der Waals surface area (Å²) >= 11 is 0. The quantitative estimate of drug-likeness (QED) is 0.740. The van der Waals surface area contributed by atoms with E-state index in [0.717, 1.165) is 17.8 Å². The Bertz CT molecular complexity index is 201. The number of piperidine rings is 1. The molecule has 0 aromatic heterocycles. The van der Waals surface area contributed by atoms with Crippen LogP contribution in [0.3, 0.4) is 0 Å². The van der Waals surface area contributed by atoms with Gasteiger partial charge in [-0.3, -0.25) is 0 Å². The molecular formula is C17H34N2. The van der Waals surface area contributed by atoms with Gasteiger partial charge < -0.3 is 10.2 Å². The fourth-order valence-electron chi connectivity index (χ4n) is 3.55. The van der Waals surface area contributed by atoms with E-state index in [4.69, 9.17) is 0 Å². The highest BCUT2D eigenvalue weighted by Gasteiger charge is 2.18. The van der Waals surface area contributed by atoms with Crippen molar-refractivity contribution in [2.24, 2.45) is 17.8 Å². The van der Waals surface area contributed by atoms with Crippen molar-refractivity contribution in [2.45, 2.75) is 58.8 Å². The smallest absolute Gasteiger partial charge is 0.000664 e. The third-order valence-corrected chi connectivity index (χ3v) is 5.27. The minimum atomic E-state index is 0.961. The lowest BCUT2D eigenvalue weighted by molar-refractivity contribution is 0.189. The largest absolute Gasteiger partial charge is 0.316 e. The molecule has 0 amide bonds. The van der Waals surface area contributed by atoms with Crippen molar-refractivity contribution < 1.29 is 0 Å². The molecule has 0 aromatic rings. The Labute approximate surface area is 120 Å². The Morgan fingerprint density at radius 1 is 0.895 bits per heavy atom. The van der Waals surface area contributed by atoms with E-state index in [1.54, 1.807) is 0 Å². The third-order valence-electron chi connectivity index (χ3n) is 5.27. The van der Waals surface area contributed by atoms with Gasteiger partial charge >= 0.3 is 0 Å². The van der Waals surface area contributed by atoms with Crippen molar-refractivity contribution in [1.82, 2.24) is 10.2 Å². The summed E-state index contributed by atoms with van der Waals surface area (Å²) in [7, 11) is 0. The number of likely N-dealkylation sites (tertiary alicyclic amines) is 1. The molecule has 1 aliphatic carbocycles. The molecule has 2 aliphatic rings. The predicted octanol–water partition coefficient (Wildman–Crippen LogP) is 3.52. The van der Waals surface area contributed by atoms with Gasteiger partial charge in [0.05, 0.1) is 0 Å². The van der Waals surface area contributed by atoms with Crippen LogP contribution in [0.25, 0.3) is 0 Å². The normalized spacial score (nSPS) is 30.6. The van der Waals surface area contributed by atoms with E-state index in [2.05, 4.69) is 24.1 Å². The molecular weight excluding hydrogens is 232 g/mol. The highest BCUT2D eigenvalue weighted by Crippen LogP contribution is 2.27. The molecule has 2 nitrogen and oxygen atoms in total. The van der Waals surface area contributed by atoms with Gasteiger partial charge in [0.25, 0.3) is 0 Å². The van der Waals surface area contributed by atoms with Crippen LogP contribution < -0.4 is 5.32 Å². The summed E-state index contributed by atoms with van der Waals surface area (Å²) in [5, 5.41) is 3.69. The second-order valence-corrected chi connectivity index (χ2v) is 7.21. The van der Waals surface area contributed by atoms with Gasteiger partial charge in [-0.25, -0.2) is 0 Å². The lowest BCUT2D eigenvalue weighted by atomic mass is 9.83. The molecule has 0 spiro atoms. The molecule has 112 valence electrons. The second kappa shape index (κ2) is 8.26. The van der Waals surface area contributed by atoms with Crippen LogP contribution in [0.5, 0.6) is 0 Å². The number of hydrogen-bond acceptors (Lipinski definition) is 2. The Hall–Kier alpha value is -0.0800. The zero-order valence-electron chi connectivity index (χ0n) is 13.2. The summed E-state index contributed by atoms with van der Waals surface area (Å²) in [6, 6.07) is 0. The van der Waals surface area contributed by atoms with E-state index in [-0.39, 0.29) is 0 Å². The fourth-order valence-corrected chi connectivity index (χ4v) is 3.55. The molecule has 2 rings (SSSR count). The minimum Gasteiger partial charge on any atom is -0.316 e. The summed E-state index contributed by atoms with van der Waals surface area (Å²) in [6.45, 7) is 11.3. The first-order valence-electron chi connectivity index (χ1n) is 8.67. The van der Waals surface area contributed by atoms with E-state index in [0.29, 0.717) is 0 Å². The molecule has 1 saturated carbocycles. The molecule has 1 aliphatic heterocycles. The molecule has 0 atom stereocenters. The fraction of sp³-hybridized carbons (Fsp3) is 1.00. The van der Waals surface area contributed by atoms with Crippen molar-refractivity contribution in [3.63, 3.8) is 0 Å². The van der Waals surface area contributed by atoms with Crippen LogP contribution in [0.15, 0.2) is 0 Å². The van der Waals surface area contributed by atoms with Crippen molar-refractivity contribution in [3.8, 4) is 0 Å². The van der Waals surface area contributed by atoms with Gasteiger partial charge in [0, 0.05) is 0 Å². The van der Waals surface area contributed by atoms with Crippen molar-refractivity contribution in [3.05, 3.63) is 0 Å². The Kier molecular flexibility index (Phi) is 6.66. The van der Waals surface area contributed by atoms with Gasteiger partial charge in [0.2, 0.25) is 0 Å². The van der Waals surface area contributed by atoms with Crippen molar-refractivity contribution >= 4 is 0 Å². The molecule has 2 heteroatoms. The van der Waals surface area contributed by atoms with Gasteiger partial charge in [0.15, 0.2) is 0 Å². The van der Waals surface area contributed by atoms with E-state index in [1.807, 2.05) is 0 Å². The van der Waals surface area contributed by atoms with Crippen LogP contribution >= 0.6 is 0 Å². The van der Waals surface area contributed by atoms with Gasteiger partial charge in [0.1, 0.15) is 0 Å². The van der Waals surface area contributed by atoms with Crippen LogP contribution in [0, 0.1) is 17.8 Å². The lowest BCUT2D eigenvalue weighted by Crippen LogP contribution is -2.35. The van der Waals surface area contributed by atoms with Gasteiger partial charge in [-0.2, -0.15) is 0 Å². The first kappa shape index (κ1) is 15.3. The summed E-state index contributed by atoms with van der Waals surface area (Å²) in [6.07, 6.45) is 9.98. The second-order valence-electron chi connectivity index (χ2n) is 7.21. The van der Waals surface area contributed by atoms with Gasteiger partial charge in [-0.15, -0.1) is 0 Å². The zero-order valence-corrected chi connectivity index (χ0v) is 13.2. The molecule has 0 unspecified atom stereocenters. The lowest BCUT2D eigenvalue weighted by Gasteiger charge is -2.30. The highest BCUT2D eigenvalue weighted by molar-refractivity contribution is 4.72. The third kappa shape index (κ3) is 5.83. The molecule has 2 fully saturated rings. The monoisotopic (exact) mass is 266 g/mol. The maximum absolute atomic E-state index is 3.69. The predicted molar refractivity (Wildman–Crippen MR) is 83.4 cm³/mol. The highest BCUT2D eigenvalue weighted by atomic mass is 15.1. The number of nitrogens with one attached hydrogen (secondary N) is 1. The SMILES string of the molecule is CC1CCC(CNCCCN2CCC(C)CC2)CC1. The van der Waals surface area contributed by atoms with Crippen molar-refractivity contribution in [2.75, 3.05) is 32.7 Å². The Balaban J connectivity index is 1.44. The summed E-state index contributed by atoms with van der Waals surface area (Å²) in [5.74, 6) is 2.91. The standard InChI is InChI=1S/C17H34N2/c1-15-4-6-17(7-5-15)14-18-10-3-11-19-12-8-16(2)9-13-19/h15-18H,3-14H2,1-2H3. The summed E-state index contributed by atoms with van der Waals surface area (Å²) < 4.78 is 0. The topological polar surface area (TPSA) is 15.3 Å². The van der Waals surface area contributed by atoms with E-state index in [1.165, 1.54) is 77.7 Å². The molecule has 0 bridgehead atoms. The molecule has 19 heavy (non-hydrogen) atoms. The first-order chi connectivity index (χ1) is 9.24. The van der Waals surface area contributed by atoms with Crippen LogP contribution in [-0.4, -0.2) is 37.6 Å². The minimum absolute atomic E-state index is 0.961. The molecule has 1 saturated heterocycles. The van der Waals surface area contributed by atoms with Crippen molar-refractivity contribution in [1.29, 1.82) is 0 Å². The maximum atomic E-state index is 3.69. The van der Waals surface area contributed by atoms with E-state index < -0.39 is 0 Å². The van der Waals surface area contributed by atoms with Gasteiger partial charge in [-0.05, 0) is 82.6 Å². The number of hydrogen-bond donors (Lipinski definition) is 1. The molecule has 1 heterocycles. The summed E-state index contributed by atoms with van der Waals surface area (Å²) in [4.78, 5) is 2.66. The molecule has 0 aromatic carbocycles. The molecule has 0 radical (unpaired) electrons. The summed E-state index contributed by atoms with van der Waals surface area (Å²) in [5.41, 5.74) is 0. The van der Waals surface area contributed by atoms with Gasteiger partial charge in [-0.1, -0.05) is 26.7 Å². The average molecular weight is 266 g/mol. The van der Waals surface area contributed by atoms with E-state index >= 15 is 0 Å². The van der Waals surface area contributed by atoms with Crippen LogP contribution in [0.2, 0.25) is 0 Å². The zero-order chi connectivity index (χ0) is 13.5. The van der Waals surface area contributed by atoms with Crippen LogP contribution in [-0.2, 0) is 0 Å². The maximum Gasteiger partial charge on any atom is -0.000664 e.